The Morgan fingerprint density at radius 2 is 1.94 bits per heavy atom. The molecule has 2 nitrogen and oxygen atoms in total. The van der Waals surface area contributed by atoms with Crippen LogP contribution < -0.4 is 15.3 Å². The second kappa shape index (κ2) is 6.31. The molecule has 1 aromatic rings. The number of nitrogens with zero attached hydrogens (tertiary/aromatic N) is 2. The Hall–Kier alpha value is -1.31. The summed E-state index contributed by atoms with van der Waals surface area (Å²) in [4.78, 5) is 6.85. The lowest BCUT2D eigenvalue weighted by molar-refractivity contribution is 0.731. The number of hydrogen-bond donors (Lipinski definition) is 0. The summed E-state index contributed by atoms with van der Waals surface area (Å²) in [6.45, 7) is 12.6. The van der Waals surface area contributed by atoms with Crippen LogP contribution in [0.4, 0.5) is 5.82 Å². The van der Waals surface area contributed by atoms with Gasteiger partial charge in [-0.25, -0.2) is 4.98 Å². The molecule has 0 fully saturated rings. The summed E-state index contributed by atoms with van der Waals surface area (Å²) in [7, 11) is 0. The van der Waals surface area contributed by atoms with E-state index in [9.17, 15) is 0 Å². The molecule has 0 unspecified atom stereocenters. The topological polar surface area (TPSA) is 16.1 Å². The molecule has 0 radical (unpaired) electrons. The van der Waals surface area contributed by atoms with E-state index in [1.807, 2.05) is 19.2 Å². The second-order valence-corrected chi connectivity index (χ2v) is 3.98. The largest absolute Gasteiger partial charge is 0.356 e. The molecule has 0 aliphatic carbocycles. The summed E-state index contributed by atoms with van der Waals surface area (Å²) in [5.41, 5.74) is 0. The highest BCUT2D eigenvalue weighted by atomic mass is 15.2. The number of aromatic nitrogens is 1. The summed E-state index contributed by atoms with van der Waals surface area (Å²) in [6.07, 6.45) is 6.24. The summed E-state index contributed by atoms with van der Waals surface area (Å²) in [6, 6.07) is 1.97. The first-order chi connectivity index (χ1) is 7.74. The lowest BCUT2D eigenvalue weighted by atomic mass is 10.2. The quantitative estimate of drug-likeness (QED) is 0.750. The monoisotopic (exact) mass is 218 g/mol. The minimum atomic E-state index is 1.06. The molecule has 1 rings (SSSR count). The van der Waals surface area contributed by atoms with Gasteiger partial charge in [-0.1, -0.05) is 26.5 Å². The van der Waals surface area contributed by atoms with Crippen molar-refractivity contribution in [2.75, 3.05) is 18.0 Å². The average Bonchev–Trinajstić information content (AvgIpc) is 2.28. The van der Waals surface area contributed by atoms with Gasteiger partial charge in [0.15, 0.2) is 0 Å². The molecule has 0 saturated heterocycles. The molecule has 16 heavy (non-hydrogen) atoms. The van der Waals surface area contributed by atoms with Crippen LogP contribution >= 0.6 is 0 Å². The van der Waals surface area contributed by atoms with Gasteiger partial charge < -0.3 is 4.90 Å². The van der Waals surface area contributed by atoms with E-state index in [0.29, 0.717) is 0 Å². The van der Waals surface area contributed by atoms with Crippen LogP contribution in [0, 0.1) is 0 Å². The van der Waals surface area contributed by atoms with Crippen molar-refractivity contribution in [1.82, 2.24) is 4.98 Å². The van der Waals surface area contributed by atoms with Crippen molar-refractivity contribution in [1.29, 1.82) is 0 Å². The Morgan fingerprint density at radius 3 is 2.44 bits per heavy atom. The van der Waals surface area contributed by atoms with Gasteiger partial charge in [0, 0.05) is 24.5 Å². The number of hydrogen-bond acceptors (Lipinski definition) is 2. The van der Waals surface area contributed by atoms with E-state index in [4.69, 9.17) is 0 Å². The van der Waals surface area contributed by atoms with E-state index >= 15 is 0 Å². The molecular formula is C14H22N2. The van der Waals surface area contributed by atoms with Gasteiger partial charge in [-0.2, -0.15) is 0 Å². The van der Waals surface area contributed by atoms with Gasteiger partial charge in [0.25, 0.3) is 0 Å². The average molecular weight is 218 g/mol. The van der Waals surface area contributed by atoms with E-state index in [1.165, 1.54) is 5.22 Å². The van der Waals surface area contributed by atoms with Crippen molar-refractivity contribution >= 4 is 18.5 Å². The Labute approximate surface area is 98.3 Å². The Morgan fingerprint density at radius 1 is 1.31 bits per heavy atom. The molecule has 0 N–H and O–H groups in total. The van der Waals surface area contributed by atoms with E-state index in [2.05, 4.69) is 36.4 Å². The molecule has 1 aromatic heterocycles. The zero-order valence-corrected chi connectivity index (χ0v) is 10.7. The maximum atomic E-state index is 4.50. The molecule has 0 spiro atoms. The minimum absolute atomic E-state index is 1.06. The highest BCUT2D eigenvalue weighted by molar-refractivity contribution is 5.45. The fraction of sp³-hybridized carbons (Fsp3) is 0.500. The van der Waals surface area contributed by atoms with Gasteiger partial charge in [0.2, 0.25) is 0 Å². The maximum absolute atomic E-state index is 4.50. The van der Waals surface area contributed by atoms with Gasteiger partial charge in [-0.3, -0.25) is 0 Å². The molecule has 88 valence electrons. The zero-order valence-electron chi connectivity index (χ0n) is 10.7. The van der Waals surface area contributed by atoms with E-state index in [-0.39, 0.29) is 0 Å². The molecule has 0 saturated carbocycles. The highest BCUT2D eigenvalue weighted by Gasteiger charge is 2.06. The zero-order chi connectivity index (χ0) is 12.0. The first kappa shape index (κ1) is 12.8. The van der Waals surface area contributed by atoms with E-state index in [1.54, 1.807) is 0 Å². The Kier molecular flexibility index (Phi) is 5.03. The SMILES string of the molecule is C=c1ccnc(N(CCC)CCC)/c1=C/C. The number of pyridine rings is 1. The third kappa shape index (κ3) is 2.84. The van der Waals surface area contributed by atoms with Crippen molar-refractivity contribution in [2.24, 2.45) is 0 Å². The van der Waals surface area contributed by atoms with Crippen LogP contribution in [0.1, 0.15) is 33.6 Å². The molecule has 0 bridgehead atoms. The van der Waals surface area contributed by atoms with Gasteiger partial charge >= 0.3 is 0 Å². The highest BCUT2D eigenvalue weighted by Crippen LogP contribution is 2.04. The summed E-state index contributed by atoms with van der Waals surface area (Å²) >= 11 is 0. The molecule has 1 heterocycles. The van der Waals surface area contributed by atoms with Crippen molar-refractivity contribution in [3.63, 3.8) is 0 Å². The smallest absolute Gasteiger partial charge is 0.136 e. The molecule has 0 aliphatic rings. The third-order valence-corrected chi connectivity index (χ3v) is 2.63. The van der Waals surface area contributed by atoms with Crippen LogP contribution in [-0.2, 0) is 0 Å². The fourth-order valence-corrected chi connectivity index (χ4v) is 1.93. The predicted octanol–water partition coefficient (Wildman–Crippen LogP) is 1.92. The van der Waals surface area contributed by atoms with Crippen molar-refractivity contribution < 1.29 is 0 Å². The van der Waals surface area contributed by atoms with Crippen molar-refractivity contribution in [2.45, 2.75) is 33.6 Å². The van der Waals surface area contributed by atoms with Gasteiger partial charge in [0.05, 0.1) is 0 Å². The standard InChI is InChI=1S/C14H22N2/c1-5-10-16(11-6-2)14-13(7-3)12(4)8-9-15-14/h7-9H,4-6,10-11H2,1-3H3/b13-7+. The van der Waals surface area contributed by atoms with Gasteiger partial charge in [-0.15, -0.1) is 0 Å². The Balaban J connectivity index is 3.18. The second-order valence-electron chi connectivity index (χ2n) is 3.98. The van der Waals surface area contributed by atoms with Crippen LogP contribution in [0.5, 0.6) is 0 Å². The van der Waals surface area contributed by atoms with Crippen LogP contribution in [0.25, 0.3) is 12.7 Å². The lowest BCUT2D eigenvalue weighted by Crippen LogP contribution is -2.36. The molecule has 0 amide bonds. The molecule has 2 heteroatoms. The lowest BCUT2D eigenvalue weighted by Gasteiger charge is -2.23. The van der Waals surface area contributed by atoms with E-state index < -0.39 is 0 Å². The van der Waals surface area contributed by atoms with Crippen molar-refractivity contribution in [3.05, 3.63) is 22.7 Å². The first-order valence-corrected chi connectivity index (χ1v) is 6.09. The van der Waals surface area contributed by atoms with Crippen LogP contribution in [0.2, 0.25) is 0 Å². The normalized spacial score (nSPS) is 11.8. The molecule has 0 aromatic carbocycles. The van der Waals surface area contributed by atoms with Crippen LogP contribution in [0.15, 0.2) is 12.3 Å². The Bertz CT molecular complexity index is 417. The minimum Gasteiger partial charge on any atom is -0.356 e. The van der Waals surface area contributed by atoms with Crippen LogP contribution in [0.3, 0.4) is 0 Å². The van der Waals surface area contributed by atoms with Crippen molar-refractivity contribution in [3.8, 4) is 0 Å². The summed E-state index contributed by atoms with van der Waals surface area (Å²) < 4.78 is 0. The molecular weight excluding hydrogens is 196 g/mol. The van der Waals surface area contributed by atoms with E-state index in [0.717, 1.165) is 37.0 Å². The molecule has 0 atom stereocenters. The van der Waals surface area contributed by atoms with Gasteiger partial charge in [0.1, 0.15) is 5.82 Å². The maximum Gasteiger partial charge on any atom is 0.136 e. The summed E-state index contributed by atoms with van der Waals surface area (Å²) in [5, 5.41) is 2.23. The van der Waals surface area contributed by atoms with Crippen LogP contribution in [-0.4, -0.2) is 18.1 Å². The predicted molar refractivity (Wildman–Crippen MR) is 71.9 cm³/mol. The molecule has 0 aliphatic heterocycles. The number of rotatable bonds is 5. The van der Waals surface area contributed by atoms with Gasteiger partial charge in [-0.05, 0) is 31.1 Å². The third-order valence-electron chi connectivity index (χ3n) is 2.63. The fourth-order valence-electron chi connectivity index (χ4n) is 1.93. The first-order valence-electron chi connectivity index (χ1n) is 6.09. The number of anilines is 1. The summed E-state index contributed by atoms with van der Waals surface area (Å²) in [5.74, 6) is 1.08.